The molecule has 0 amide bonds. The minimum absolute atomic E-state index is 0.0562. The van der Waals surface area contributed by atoms with Gasteiger partial charge in [-0.1, -0.05) is 25.1 Å². The SMILES string of the molecule is CCC(C)Nc1ncnc(Nc2cccc3cccnc23)c1[N+](=O)[O-]. The van der Waals surface area contributed by atoms with Crippen molar-refractivity contribution in [3.63, 3.8) is 0 Å². The number of hydrogen-bond acceptors (Lipinski definition) is 7. The third-order valence-electron chi connectivity index (χ3n) is 3.89. The second-order valence-corrected chi connectivity index (χ2v) is 5.64. The number of hydrogen-bond donors (Lipinski definition) is 2. The van der Waals surface area contributed by atoms with E-state index in [0.29, 0.717) is 11.2 Å². The highest BCUT2D eigenvalue weighted by Gasteiger charge is 2.24. The topological polar surface area (TPSA) is 106 Å². The molecule has 1 aromatic carbocycles. The highest BCUT2D eigenvalue weighted by molar-refractivity contribution is 5.92. The van der Waals surface area contributed by atoms with Gasteiger partial charge < -0.3 is 10.6 Å². The Morgan fingerprint density at radius 3 is 2.68 bits per heavy atom. The van der Waals surface area contributed by atoms with Crippen LogP contribution in [0, 0.1) is 10.1 Å². The Hall–Kier alpha value is -3.29. The molecule has 0 aliphatic heterocycles. The van der Waals surface area contributed by atoms with E-state index in [9.17, 15) is 10.1 Å². The van der Waals surface area contributed by atoms with E-state index < -0.39 is 4.92 Å². The van der Waals surface area contributed by atoms with Crippen molar-refractivity contribution in [1.29, 1.82) is 0 Å². The molecule has 3 aromatic rings. The standard InChI is InChI=1S/C17H18N6O2/c1-3-11(2)21-16-15(23(24)25)17(20-10-19-16)22-13-8-4-6-12-7-5-9-18-14(12)13/h4-11H,3H2,1-2H3,(H2,19,20,21,22). The molecule has 8 nitrogen and oxygen atoms in total. The fraction of sp³-hybridized carbons (Fsp3) is 0.235. The van der Waals surface area contributed by atoms with E-state index in [1.807, 2.05) is 44.2 Å². The molecule has 25 heavy (non-hydrogen) atoms. The van der Waals surface area contributed by atoms with Gasteiger partial charge in [-0.05, 0) is 25.5 Å². The minimum atomic E-state index is -0.481. The van der Waals surface area contributed by atoms with Crippen LogP contribution in [0.25, 0.3) is 10.9 Å². The van der Waals surface area contributed by atoms with Gasteiger partial charge in [-0.3, -0.25) is 15.1 Å². The van der Waals surface area contributed by atoms with Crippen LogP contribution in [0.3, 0.4) is 0 Å². The molecular weight excluding hydrogens is 320 g/mol. The lowest BCUT2D eigenvalue weighted by Crippen LogP contribution is -2.16. The van der Waals surface area contributed by atoms with Crippen LogP contribution >= 0.6 is 0 Å². The number of aromatic nitrogens is 3. The van der Waals surface area contributed by atoms with Crippen LogP contribution < -0.4 is 10.6 Å². The summed E-state index contributed by atoms with van der Waals surface area (Å²) >= 11 is 0. The highest BCUT2D eigenvalue weighted by atomic mass is 16.6. The van der Waals surface area contributed by atoms with E-state index in [2.05, 4.69) is 25.6 Å². The third kappa shape index (κ3) is 3.47. The molecule has 2 N–H and O–H groups in total. The molecule has 128 valence electrons. The Labute approximate surface area is 144 Å². The van der Waals surface area contributed by atoms with Gasteiger partial charge in [0.2, 0.25) is 11.6 Å². The van der Waals surface area contributed by atoms with Gasteiger partial charge in [0.15, 0.2) is 0 Å². The lowest BCUT2D eigenvalue weighted by Gasteiger charge is -2.14. The zero-order valence-electron chi connectivity index (χ0n) is 13.9. The molecule has 3 rings (SSSR count). The van der Waals surface area contributed by atoms with Crippen molar-refractivity contribution in [2.75, 3.05) is 10.6 Å². The summed E-state index contributed by atoms with van der Waals surface area (Å²) in [5, 5.41) is 18.6. The molecule has 0 aliphatic carbocycles. The monoisotopic (exact) mass is 338 g/mol. The Kier molecular flexibility index (Phi) is 4.69. The largest absolute Gasteiger partial charge is 0.362 e. The second kappa shape index (κ2) is 7.08. The number of benzene rings is 1. The predicted octanol–water partition coefficient (Wildman–Crippen LogP) is 3.89. The number of para-hydroxylation sites is 1. The van der Waals surface area contributed by atoms with Gasteiger partial charge in [0, 0.05) is 17.6 Å². The van der Waals surface area contributed by atoms with Crippen molar-refractivity contribution in [2.45, 2.75) is 26.3 Å². The van der Waals surface area contributed by atoms with Crippen LogP contribution in [-0.4, -0.2) is 25.9 Å². The zero-order valence-corrected chi connectivity index (χ0v) is 13.9. The number of anilines is 3. The molecule has 0 bridgehead atoms. The maximum Gasteiger partial charge on any atom is 0.353 e. The highest BCUT2D eigenvalue weighted by Crippen LogP contribution is 2.33. The van der Waals surface area contributed by atoms with E-state index in [1.54, 1.807) is 6.20 Å². The Bertz CT molecular complexity index is 909. The molecule has 1 unspecified atom stereocenters. The molecule has 2 heterocycles. The van der Waals surface area contributed by atoms with Crippen LogP contribution in [-0.2, 0) is 0 Å². The van der Waals surface area contributed by atoms with Crippen molar-refractivity contribution < 1.29 is 4.92 Å². The summed E-state index contributed by atoms with van der Waals surface area (Å²) in [4.78, 5) is 23.6. The van der Waals surface area contributed by atoms with Gasteiger partial charge in [-0.2, -0.15) is 0 Å². The quantitative estimate of drug-likeness (QED) is 0.519. The lowest BCUT2D eigenvalue weighted by atomic mass is 10.2. The maximum absolute atomic E-state index is 11.6. The van der Waals surface area contributed by atoms with Crippen LogP contribution in [0.4, 0.5) is 23.0 Å². The Morgan fingerprint density at radius 1 is 1.16 bits per heavy atom. The van der Waals surface area contributed by atoms with Crippen LogP contribution in [0.15, 0.2) is 42.9 Å². The summed E-state index contributed by atoms with van der Waals surface area (Å²) in [6.45, 7) is 3.93. The number of nitrogens with zero attached hydrogens (tertiary/aromatic N) is 4. The summed E-state index contributed by atoms with van der Waals surface area (Å²) in [6, 6.07) is 9.42. The van der Waals surface area contributed by atoms with Crippen LogP contribution in [0.5, 0.6) is 0 Å². The van der Waals surface area contributed by atoms with Crippen LogP contribution in [0.2, 0.25) is 0 Å². The van der Waals surface area contributed by atoms with E-state index in [1.165, 1.54) is 6.33 Å². The summed E-state index contributed by atoms with van der Waals surface area (Å²) < 4.78 is 0. The summed E-state index contributed by atoms with van der Waals surface area (Å²) in [6.07, 6.45) is 3.80. The molecule has 8 heteroatoms. The smallest absolute Gasteiger partial charge is 0.353 e. The Morgan fingerprint density at radius 2 is 1.92 bits per heavy atom. The van der Waals surface area contributed by atoms with Crippen molar-refractivity contribution in [1.82, 2.24) is 15.0 Å². The van der Waals surface area contributed by atoms with Crippen molar-refractivity contribution in [3.05, 3.63) is 53.0 Å². The minimum Gasteiger partial charge on any atom is -0.362 e. The predicted molar refractivity (Wildman–Crippen MR) is 97.1 cm³/mol. The summed E-state index contributed by atoms with van der Waals surface area (Å²) in [7, 11) is 0. The summed E-state index contributed by atoms with van der Waals surface area (Å²) in [5.41, 5.74) is 1.18. The molecular formula is C17H18N6O2. The summed E-state index contributed by atoms with van der Waals surface area (Å²) in [5.74, 6) is 0.328. The van der Waals surface area contributed by atoms with Gasteiger partial charge in [0.1, 0.15) is 6.33 Å². The molecule has 0 aliphatic rings. The first kappa shape index (κ1) is 16.6. The molecule has 1 atom stereocenters. The molecule has 2 aromatic heterocycles. The van der Waals surface area contributed by atoms with Gasteiger partial charge in [0.05, 0.1) is 16.1 Å². The van der Waals surface area contributed by atoms with E-state index in [0.717, 1.165) is 11.8 Å². The first-order valence-corrected chi connectivity index (χ1v) is 7.96. The number of rotatable bonds is 6. The third-order valence-corrected chi connectivity index (χ3v) is 3.89. The lowest BCUT2D eigenvalue weighted by molar-refractivity contribution is -0.383. The van der Waals surface area contributed by atoms with Gasteiger partial charge in [-0.25, -0.2) is 9.97 Å². The average molecular weight is 338 g/mol. The number of pyridine rings is 1. The van der Waals surface area contributed by atoms with E-state index >= 15 is 0 Å². The number of nitrogens with one attached hydrogen (secondary N) is 2. The molecule has 0 fully saturated rings. The molecule has 0 saturated heterocycles. The first-order valence-electron chi connectivity index (χ1n) is 7.96. The molecule has 0 spiro atoms. The molecule has 0 radical (unpaired) electrons. The second-order valence-electron chi connectivity index (χ2n) is 5.64. The maximum atomic E-state index is 11.6. The van der Waals surface area contributed by atoms with Gasteiger partial charge >= 0.3 is 5.69 Å². The fourth-order valence-corrected chi connectivity index (χ4v) is 2.42. The van der Waals surface area contributed by atoms with Crippen LogP contribution in [0.1, 0.15) is 20.3 Å². The van der Waals surface area contributed by atoms with Crippen molar-refractivity contribution in [2.24, 2.45) is 0 Å². The van der Waals surface area contributed by atoms with Crippen molar-refractivity contribution >= 4 is 33.9 Å². The van der Waals surface area contributed by atoms with Gasteiger partial charge in [0.25, 0.3) is 0 Å². The van der Waals surface area contributed by atoms with E-state index in [4.69, 9.17) is 0 Å². The number of fused-ring (bicyclic) bond motifs is 1. The first-order chi connectivity index (χ1) is 12.1. The zero-order chi connectivity index (χ0) is 17.8. The van der Waals surface area contributed by atoms with Gasteiger partial charge in [-0.15, -0.1) is 0 Å². The molecule has 0 saturated carbocycles. The average Bonchev–Trinajstić information content (AvgIpc) is 2.62. The fourth-order valence-electron chi connectivity index (χ4n) is 2.42. The Balaban J connectivity index is 2.04. The van der Waals surface area contributed by atoms with Crippen molar-refractivity contribution in [3.8, 4) is 0 Å². The normalized spacial score (nSPS) is 11.9. The number of nitro groups is 1. The van der Waals surface area contributed by atoms with E-state index in [-0.39, 0.29) is 23.4 Å².